The van der Waals surface area contributed by atoms with Gasteiger partial charge in [-0.1, -0.05) is 88.7 Å². The number of fused-ring (bicyclic) bond motifs is 2. The van der Waals surface area contributed by atoms with Crippen LogP contribution in [0.15, 0.2) is 98.1 Å². The number of benzene rings is 3. The van der Waals surface area contributed by atoms with Crippen molar-refractivity contribution in [3.8, 4) is 0 Å². The number of hydrogen-bond acceptors (Lipinski definition) is 7. The van der Waals surface area contributed by atoms with Crippen LogP contribution < -0.4 is 10.2 Å². The summed E-state index contributed by atoms with van der Waals surface area (Å²) in [6.45, 7) is 8.99. The summed E-state index contributed by atoms with van der Waals surface area (Å²) < 4.78 is 12.9. The number of carbonyl (C=O) groups is 4. The van der Waals surface area contributed by atoms with Gasteiger partial charge in [0.2, 0.25) is 11.8 Å². The van der Waals surface area contributed by atoms with E-state index in [1.54, 1.807) is 24.0 Å². The van der Waals surface area contributed by atoms with E-state index < -0.39 is 59.5 Å². The molecular weight excluding hydrogens is 702 g/mol. The third-order valence-corrected chi connectivity index (χ3v) is 10.9. The van der Waals surface area contributed by atoms with Crippen molar-refractivity contribution in [2.24, 2.45) is 11.8 Å². The first-order valence-electron chi connectivity index (χ1n) is 16.9. The minimum atomic E-state index is -1.35. The third kappa shape index (κ3) is 6.38. The van der Waals surface area contributed by atoms with Gasteiger partial charge in [0.15, 0.2) is 0 Å². The predicted octanol–water partition coefficient (Wildman–Crippen LogP) is 4.85. The number of hydrogen-bond donors (Lipinski definition) is 2. The highest BCUT2D eigenvalue weighted by Crippen LogP contribution is 2.60. The Hall–Kier alpha value is -4.32. The normalized spacial score (nSPS) is 26.3. The number of allylic oxidation sites excluding steroid dienone is 1. The molecule has 3 aromatic rings. The first-order chi connectivity index (χ1) is 24.1. The van der Waals surface area contributed by atoms with Crippen LogP contribution in [0.5, 0.6) is 0 Å². The van der Waals surface area contributed by atoms with E-state index in [1.807, 2.05) is 72.8 Å². The Bertz CT molecular complexity index is 1790. The molecule has 3 amide bonds. The van der Waals surface area contributed by atoms with Crippen molar-refractivity contribution < 1.29 is 33.8 Å². The zero-order valence-electron chi connectivity index (χ0n) is 28.0. The highest BCUT2D eigenvalue weighted by Gasteiger charge is 2.77. The average Bonchev–Trinajstić information content (AvgIpc) is 3.71. The maximum Gasteiger partial charge on any atom is 0.313 e. The topological polar surface area (TPSA) is 125 Å². The molecule has 0 saturated carbocycles. The molecule has 0 aliphatic carbocycles. The van der Waals surface area contributed by atoms with E-state index in [4.69, 9.17) is 9.47 Å². The molecule has 3 saturated heterocycles. The quantitative estimate of drug-likeness (QED) is 0.137. The van der Waals surface area contributed by atoms with E-state index in [1.165, 1.54) is 4.90 Å². The molecule has 0 radical (unpaired) electrons. The minimum absolute atomic E-state index is 0.115. The second-order valence-corrected chi connectivity index (χ2v) is 14.3. The molecule has 1 spiro atoms. The fourth-order valence-electron chi connectivity index (χ4n) is 7.91. The van der Waals surface area contributed by atoms with E-state index >= 15 is 0 Å². The summed E-state index contributed by atoms with van der Waals surface area (Å²) in [7, 11) is 0. The Balaban J connectivity index is 1.33. The first kappa shape index (κ1) is 35.5. The van der Waals surface area contributed by atoms with Crippen LogP contribution in [0, 0.1) is 11.8 Å². The lowest BCUT2D eigenvalue weighted by Crippen LogP contribution is -2.57. The van der Waals surface area contributed by atoms with Gasteiger partial charge in [-0.05, 0) is 48.2 Å². The molecule has 2 N–H and O–H groups in total. The largest absolute Gasteiger partial charge is 0.455 e. The molecule has 262 valence electrons. The van der Waals surface area contributed by atoms with Crippen LogP contribution in [-0.2, 0) is 28.7 Å². The molecule has 0 aromatic heterocycles. The van der Waals surface area contributed by atoms with E-state index in [0.717, 1.165) is 10.8 Å². The molecule has 3 aliphatic heterocycles. The summed E-state index contributed by atoms with van der Waals surface area (Å²) in [4.78, 5) is 58.8. The zero-order valence-corrected chi connectivity index (χ0v) is 29.5. The van der Waals surface area contributed by atoms with E-state index in [9.17, 15) is 24.3 Å². The number of carbonyl (C=O) groups excluding carboxylic acids is 4. The van der Waals surface area contributed by atoms with Gasteiger partial charge in [-0.2, -0.15) is 0 Å². The summed E-state index contributed by atoms with van der Waals surface area (Å²) in [6, 6.07) is 20.9. The van der Waals surface area contributed by atoms with Crippen LogP contribution in [0.3, 0.4) is 0 Å². The van der Waals surface area contributed by atoms with Gasteiger partial charge >= 0.3 is 5.97 Å². The van der Waals surface area contributed by atoms with Crippen LogP contribution in [0.1, 0.15) is 37.9 Å². The van der Waals surface area contributed by atoms with Gasteiger partial charge in [0.1, 0.15) is 17.7 Å². The van der Waals surface area contributed by atoms with Gasteiger partial charge in [-0.15, -0.1) is 13.2 Å². The van der Waals surface area contributed by atoms with Gasteiger partial charge < -0.3 is 29.7 Å². The molecule has 1 unspecified atom stereocenters. The van der Waals surface area contributed by atoms with Gasteiger partial charge in [0.25, 0.3) is 5.91 Å². The lowest BCUT2D eigenvalue weighted by atomic mass is 9.70. The SMILES string of the molecule is C=CCCC(=O)N[C@@H](C)[C@H](OC(=O)[C@@H]1[C@H]2O[C@@]3(CC2Br)[C@H](C(=O)N(CC=C)c2ccc4ccccc4c2)N(CCO)C(=O)[C@@H]13)c1ccccc1. The Morgan fingerprint density at radius 3 is 2.52 bits per heavy atom. The van der Waals surface area contributed by atoms with Crippen molar-refractivity contribution in [1.29, 1.82) is 0 Å². The highest BCUT2D eigenvalue weighted by atomic mass is 79.9. The molecule has 6 rings (SSSR count). The second-order valence-electron chi connectivity index (χ2n) is 13.1. The molecule has 10 nitrogen and oxygen atoms in total. The van der Waals surface area contributed by atoms with Crippen molar-refractivity contribution >= 4 is 56.1 Å². The number of aliphatic hydroxyl groups excluding tert-OH is 1. The fraction of sp³-hybridized carbons (Fsp3) is 0.385. The molecule has 2 bridgehead atoms. The number of amides is 3. The minimum Gasteiger partial charge on any atom is -0.455 e. The maximum atomic E-state index is 14.8. The Labute approximate surface area is 300 Å². The lowest BCUT2D eigenvalue weighted by Gasteiger charge is -2.37. The standard InChI is InChI=1S/C39H42BrN3O7/c1-4-6-16-30(45)41-24(3)33(26-13-8-7-9-14-26)49-38(48)31-32-36(46)43(20-21-44)35(39(32)23-29(40)34(31)50-39)37(47)42(19-5-2)28-18-17-25-12-10-11-15-27(25)22-28/h4-5,7-15,17-18,22,24,29,31-35,44H,1-2,6,16,19-21,23H2,3H3,(H,41,45)/t24-,29?,31-,32+,33-,34-,35-,39+/m0/s1. The van der Waals surface area contributed by atoms with Crippen LogP contribution >= 0.6 is 15.9 Å². The Kier molecular flexibility index (Phi) is 10.6. The number of likely N-dealkylation sites (tertiary alicyclic amines) is 1. The molecule has 11 heteroatoms. The van der Waals surface area contributed by atoms with Crippen molar-refractivity contribution in [2.45, 2.75) is 60.9 Å². The number of esters is 1. The summed E-state index contributed by atoms with van der Waals surface area (Å²) >= 11 is 3.71. The molecule has 3 heterocycles. The van der Waals surface area contributed by atoms with E-state index in [0.29, 0.717) is 24.1 Å². The predicted molar refractivity (Wildman–Crippen MR) is 193 cm³/mol. The Morgan fingerprint density at radius 1 is 1.10 bits per heavy atom. The second kappa shape index (κ2) is 14.9. The van der Waals surface area contributed by atoms with E-state index in [-0.39, 0.29) is 36.9 Å². The van der Waals surface area contributed by atoms with Gasteiger partial charge in [0.05, 0.1) is 30.6 Å². The van der Waals surface area contributed by atoms with Crippen molar-refractivity contribution in [3.63, 3.8) is 0 Å². The number of halogens is 1. The highest BCUT2D eigenvalue weighted by molar-refractivity contribution is 9.09. The summed E-state index contributed by atoms with van der Waals surface area (Å²) in [5.74, 6) is -3.76. The number of β-amino-alcohol motifs (C(OH)–C–C–N with tert-alkyl or cyclic N) is 1. The number of alkyl halides is 1. The average molecular weight is 745 g/mol. The molecule has 3 aromatic carbocycles. The molecule has 3 fully saturated rings. The number of rotatable bonds is 14. The van der Waals surface area contributed by atoms with Crippen molar-refractivity contribution in [2.75, 3.05) is 24.6 Å². The number of nitrogens with zero attached hydrogens (tertiary/aromatic N) is 2. The first-order valence-corrected chi connectivity index (χ1v) is 17.9. The fourth-order valence-corrected chi connectivity index (χ4v) is 8.85. The lowest BCUT2D eigenvalue weighted by molar-refractivity contribution is -0.162. The smallest absolute Gasteiger partial charge is 0.313 e. The van der Waals surface area contributed by atoms with Crippen LogP contribution in [-0.4, -0.2) is 82.0 Å². The summed E-state index contributed by atoms with van der Waals surface area (Å²) in [5.41, 5.74) is -0.0530. The zero-order chi connectivity index (χ0) is 35.6. The monoisotopic (exact) mass is 743 g/mol. The summed E-state index contributed by atoms with van der Waals surface area (Å²) in [6.07, 6.45) is 2.72. The molecule has 3 aliphatic rings. The third-order valence-electron chi connectivity index (χ3n) is 10.0. The number of nitrogens with one attached hydrogen (secondary N) is 1. The van der Waals surface area contributed by atoms with Gasteiger partial charge in [-0.3, -0.25) is 19.2 Å². The van der Waals surface area contributed by atoms with Crippen molar-refractivity contribution in [1.82, 2.24) is 10.2 Å². The number of ether oxygens (including phenoxy) is 2. The Morgan fingerprint density at radius 2 is 1.82 bits per heavy atom. The van der Waals surface area contributed by atoms with Crippen LogP contribution in [0.25, 0.3) is 10.8 Å². The van der Waals surface area contributed by atoms with Gasteiger partial charge in [-0.25, -0.2) is 0 Å². The van der Waals surface area contributed by atoms with E-state index in [2.05, 4.69) is 34.4 Å². The van der Waals surface area contributed by atoms with Gasteiger partial charge in [0, 0.05) is 30.0 Å². The van der Waals surface area contributed by atoms with Crippen LogP contribution in [0.2, 0.25) is 0 Å². The molecule has 8 atom stereocenters. The molecule has 50 heavy (non-hydrogen) atoms. The number of aliphatic hydroxyl groups is 1. The van der Waals surface area contributed by atoms with Crippen molar-refractivity contribution in [3.05, 3.63) is 104 Å². The maximum absolute atomic E-state index is 14.8. The van der Waals surface area contributed by atoms with Crippen LogP contribution in [0.4, 0.5) is 5.69 Å². The molecular formula is C39H42BrN3O7. The number of anilines is 1. The summed E-state index contributed by atoms with van der Waals surface area (Å²) in [5, 5.41) is 15.0.